The number of nitro benzene ring substituents is 1. The molecule has 24 heavy (non-hydrogen) atoms. The van der Waals surface area contributed by atoms with Gasteiger partial charge in [-0.2, -0.15) is 8.75 Å². The van der Waals surface area contributed by atoms with Gasteiger partial charge in [-0.25, -0.2) is 0 Å². The first kappa shape index (κ1) is 16.2. The number of amides is 1. The molecule has 1 aliphatic rings. The van der Waals surface area contributed by atoms with Gasteiger partial charge < -0.3 is 10.4 Å². The van der Waals surface area contributed by atoms with Gasteiger partial charge in [0.25, 0.3) is 11.6 Å². The summed E-state index contributed by atoms with van der Waals surface area (Å²) in [6.45, 7) is 0. The quantitative estimate of drug-likeness (QED) is 0.635. The van der Waals surface area contributed by atoms with Gasteiger partial charge in [0.2, 0.25) is 0 Å². The lowest BCUT2D eigenvalue weighted by Gasteiger charge is -2.26. The van der Waals surface area contributed by atoms with Gasteiger partial charge in [0.1, 0.15) is 5.52 Å². The maximum atomic E-state index is 12.4. The zero-order chi connectivity index (χ0) is 17.3. The van der Waals surface area contributed by atoms with Gasteiger partial charge in [-0.1, -0.05) is 0 Å². The molecular formula is C14H14N4O5S. The number of nitrogens with one attached hydrogen (secondary N) is 1. The molecule has 2 N–H and O–H groups in total. The van der Waals surface area contributed by atoms with Crippen LogP contribution in [-0.4, -0.2) is 36.7 Å². The minimum atomic E-state index is -0.808. The number of hydrogen-bond acceptors (Lipinski definition) is 7. The summed E-state index contributed by atoms with van der Waals surface area (Å²) in [5, 5.41) is 22.9. The van der Waals surface area contributed by atoms with Gasteiger partial charge in [0.15, 0.2) is 5.52 Å². The van der Waals surface area contributed by atoms with E-state index in [1.54, 1.807) is 0 Å². The molecule has 126 valence electrons. The van der Waals surface area contributed by atoms with Crippen molar-refractivity contribution in [1.82, 2.24) is 14.1 Å². The van der Waals surface area contributed by atoms with Gasteiger partial charge in [-0.05, 0) is 31.7 Å². The van der Waals surface area contributed by atoms with Crippen LogP contribution < -0.4 is 5.32 Å². The molecule has 1 aromatic heterocycles. The minimum Gasteiger partial charge on any atom is -0.481 e. The van der Waals surface area contributed by atoms with Crippen LogP contribution >= 0.6 is 11.7 Å². The molecule has 1 heterocycles. The van der Waals surface area contributed by atoms with E-state index in [1.807, 2.05) is 0 Å². The topological polar surface area (TPSA) is 135 Å². The van der Waals surface area contributed by atoms with Crippen molar-refractivity contribution in [2.75, 3.05) is 0 Å². The number of fused-ring (bicyclic) bond motifs is 1. The number of aliphatic carboxylic acids is 1. The monoisotopic (exact) mass is 350 g/mol. The molecular weight excluding hydrogens is 336 g/mol. The highest BCUT2D eigenvalue weighted by Gasteiger charge is 2.27. The lowest BCUT2D eigenvalue weighted by atomic mass is 9.86. The number of carbonyl (C=O) groups excluding carboxylic acids is 1. The van der Waals surface area contributed by atoms with Crippen LogP contribution in [0.3, 0.4) is 0 Å². The van der Waals surface area contributed by atoms with Crippen molar-refractivity contribution in [3.8, 4) is 0 Å². The molecule has 3 rings (SSSR count). The van der Waals surface area contributed by atoms with Crippen molar-refractivity contribution in [1.29, 1.82) is 0 Å². The summed E-state index contributed by atoms with van der Waals surface area (Å²) in [7, 11) is 0. The van der Waals surface area contributed by atoms with Crippen LogP contribution in [0.5, 0.6) is 0 Å². The fraction of sp³-hybridized carbons (Fsp3) is 0.429. The second kappa shape index (κ2) is 6.48. The zero-order valence-electron chi connectivity index (χ0n) is 12.5. The van der Waals surface area contributed by atoms with Gasteiger partial charge in [-0.3, -0.25) is 19.7 Å². The predicted octanol–water partition coefficient (Wildman–Crippen LogP) is 1.97. The second-order valence-electron chi connectivity index (χ2n) is 5.74. The fourth-order valence-electron chi connectivity index (χ4n) is 2.90. The fourth-order valence-corrected chi connectivity index (χ4v) is 3.43. The number of aromatic nitrogens is 2. The van der Waals surface area contributed by atoms with Crippen molar-refractivity contribution < 1.29 is 19.6 Å². The first-order valence-electron chi connectivity index (χ1n) is 7.40. The molecule has 0 unspecified atom stereocenters. The predicted molar refractivity (Wildman–Crippen MR) is 84.9 cm³/mol. The number of hydrogen-bond donors (Lipinski definition) is 2. The molecule has 0 atom stereocenters. The van der Waals surface area contributed by atoms with Crippen molar-refractivity contribution >= 4 is 40.3 Å². The zero-order valence-corrected chi connectivity index (χ0v) is 13.3. The van der Waals surface area contributed by atoms with Crippen molar-refractivity contribution in [3.05, 3.63) is 27.8 Å². The van der Waals surface area contributed by atoms with Crippen LogP contribution in [0.1, 0.15) is 36.0 Å². The maximum Gasteiger partial charge on any atom is 0.306 e. The lowest BCUT2D eigenvalue weighted by molar-refractivity contribution is -0.383. The highest BCUT2D eigenvalue weighted by molar-refractivity contribution is 7.00. The Bertz CT molecular complexity index is 813. The van der Waals surface area contributed by atoms with E-state index in [9.17, 15) is 19.7 Å². The summed E-state index contributed by atoms with van der Waals surface area (Å²) in [5.41, 5.74) is 0.390. The number of carboxylic acid groups (broad SMARTS) is 1. The molecule has 0 saturated heterocycles. The number of nitro groups is 1. The van der Waals surface area contributed by atoms with Gasteiger partial charge >= 0.3 is 5.97 Å². The Balaban J connectivity index is 1.75. The average molecular weight is 350 g/mol. The number of carbonyl (C=O) groups is 2. The van der Waals surface area contributed by atoms with Crippen LogP contribution in [0.15, 0.2) is 12.1 Å². The summed E-state index contributed by atoms with van der Waals surface area (Å²) < 4.78 is 7.84. The van der Waals surface area contributed by atoms with E-state index in [0.717, 1.165) is 11.7 Å². The average Bonchev–Trinajstić information content (AvgIpc) is 3.02. The Morgan fingerprint density at radius 3 is 2.58 bits per heavy atom. The van der Waals surface area contributed by atoms with Gasteiger partial charge in [-0.15, -0.1) is 0 Å². The number of benzene rings is 1. The Kier molecular flexibility index (Phi) is 4.38. The van der Waals surface area contributed by atoms with Crippen LogP contribution in [0.4, 0.5) is 5.69 Å². The Morgan fingerprint density at radius 2 is 1.96 bits per heavy atom. The molecule has 2 aromatic rings. The molecule has 1 aliphatic carbocycles. The summed E-state index contributed by atoms with van der Waals surface area (Å²) >= 11 is 0.852. The van der Waals surface area contributed by atoms with Crippen LogP contribution in [0.25, 0.3) is 11.0 Å². The number of rotatable bonds is 4. The summed E-state index contributed by atoms with van der Waals surface area (Å²) in [6, 6.07) is 2.54. The second-order valence-corrected chi connectivity index (χ2v) is 6.27. The Labute approximate surface area is 140 Å². The van der Waals surface area contributed by atoms with E-state index in [1.165, 1.54) is 12.1 Å². The first-order chi connectivity index (χ1) is 11.5. The highest BCUT2D eigenvalue weighted by Crippen LogP contribution is 2.27. The molecule has 0 bridgehead atoms. The highest BCUT2D eigenvalue weighted by atomic mass is 32.1. The third kappa shape index (κ3) is 3.18. The van der Waals surface area contributed by atoms with Gasteiger partial charge in [0, 0.05) is 17.7 Å². The van der Waals surface area contributed by atoms with Gasteiger partial charge in [0.05, 0.1) is 22.6 Å². The summed E-state index contributed by atoms with van der Waals surface area (Å²) in [6.07, 6.45) is 2.17. The molecule has 0 radical (unpaired) electrons. The Morgan fingerprint density at radius 1 is 1.25 bits per heavy atom. The number of non-ortho nitro benzene ring substituents is 1. The SMILES string of the molecule is O=C(NC1CCC(C(=O)O)CC1)c1cc([N+](=O)[O-])c2nsnc2c1. The smallest absolute Gasteiger partial charge is 0.306 e. The summed E-state index contributed by atoms with van der Waals surface area (Å²) in [4.78, 5) is 33.9. The standard InChI is InChI=1S/C14H14N4O5S/c19-13(15-9-3-1-7(2-4-9)14(20)21)8-5-10-12(17-24-16-10)11(6-8)18(22)23/h5-7,9H,1-4H2,(H,15,19)(H,20,21). The Hall–Kier alpha value is -2.62. The molecule has 1 aromatic carbocycles. The third-order valence-corrected chi connectivity index (χ3v) is 4.75. The van der Waals surface area contributed by atoms with Crippen molar-refractivity contribution in [2.45, 2.75) is 31.7 Å². The van der Waals surface area contributed by atoms with E-state index in [2.05, 4.69) is 14.1 Å². The lowest BCUT2D eigenvalue weighted by Crippen LogP contribution is -2.38. The molecule has 0 spiro atoms. The third-order valence-electron chi connectivity index (χ3n) is 4.21. The van der Waals surface area contributed by atoms with E-state index in [0.29, 0.717) is 31.2 Å². The molecule has 0 aliphatic heterocycles. The van der Waals surface area contributed by atoms with Crippen LogP contribution in [-0.2, 0) is 4.79 Å². The molecule has 1 fully saturated rings. The number of nitrogens with zero attached hydrogens (tertiary/aromatic N) is 3. The normalized spacial score (nSPS) is 20.7. The number of carboxylic acids is 1. The molecule has 10 heteroatoms. The first-order valence-corrected chi connectivity index (χ1v) is 8.13. The minimum absolute atomic E-state index is 0.128. The van der Waals surface area contributed by atoms with Crippen LogP contribution in [0, 0.1) is 16.0 Å². The van der Waals surface area contributed by atoms with Crippen LogP contribution in [0.2, 0.25) is 0 Å². The van der Waals surface area contributed by atoms with E-state index in [-0.39, 0.29) is 28.7 Å². The maximum absolute atomic E-state index is 12.4. The molecule has 1 amide bonds. The van der Waals surface area contributed by atoms with Crippen molar-refractivity contribution in [2.24, 2.45) is 5.92 Å². The van der Waals surface area contributed by atoms with E-state index >= 15 is 0 Å². The molecule has 9 nitrogen and oxygen atoms in total. The van der Waals surface area contributed by atoms with E-state index in [4.69, 9.17) is 5.11 Å². The summed E-state index contributed by atoms with van der Waals surface area (Å²) in [5.74, 6) is -1.60. The van der Waals surface area contributed by atoms with Crippen molar-refractivity contribution in [3.63, 3.8) is 0 Å². The molecule has 1 saturated carbocycles. The largest absolute Gasteiger partial charge is 0.481 e. The van der Waals surface area contributed by atoms with E-state index < -0.39 is 16.8 Å².